The third-order valence-corrected chi connectivity index (χ3v) is 7.14. The maximum Gasteiger partial charge on any atom is 0.268 e. The zero-order valence-corrected chi connectivity index (χ0v) is 21.3. The Morgan fingerprint density at radius 2 is 1.97 bits per heavy atom. The van der Waals surface area contributed by atoms with Gasteiger partial charge < -0.3 is 20.4 Å². The number of carbonyl (C=O) groups excluding carboxylic acids is 2. The normalized spacial score (nSPS) is 20.4. The third-order valence-electron chi connectivity index (χ3n) is 7.14. The summed E-state index contributed by atoms with van der Waals surface area (Å²) in [5.41, 5.74) is 1.34. The van der Waals surface area contributed by atoms with E-state index >= 15 is 0 Å². The highest BCUT2D eigenvalue weighted by molar-refractivity contribution is 6.12. The summed E-state index contributed by atoms with van der Waals surface area (Å²) in [6, 6.07) is 14.7. The fraction of sp³-hybridized carbons (Fsp3) is 0.357. The quantitative estimate of drug-likeness (QED) is 0.371. The minimum atomic E-state index is -1.81. The molecule has 3 aromatic rings. The number of aliphatic hydroxyl groups is 2. The SMILES string of the molecule is C[C@H](/C=C/CCn1cc(CCO)nn1)[C@@]1(O)C(=O)N(c2ccccc2)c2ccc(N3CCNCC3=O)cc21. The van der Waals surface area contributed by atoms with Crippen LogP contribution in [0.2, 0.25) is 0 Å². The monoisotopic (exact) mass is 516 g/mol. The number of nitrogens with zero attached hydrogens (tertiary/aromatic N) is 5. The maximum atomic E-state index is 13.9. The van der Waals surface area contributed by atoms with Crippen LogP contribution in [0.5, 0.6) is 0 Å². The lowest BCUT2D eigenvalue weighted by atomic mass is 9.82. The fourth-order valence-electron chi connectivity index (χ4n) is 5.06. The number of rotatable bonds is 9. The molecule has 10 nitrogen and oxygen atoms in total. The molecule has 0 unspecified atom stereocenters. The molecule has 2 atom stereocenters. The second kappa shape index (κ2) is 10.9. The topological polar surface area (TPSA) is 124 Å². The summed E-state index contributed by atoms with van der Waals surface area (Å²) in [6.45, 7) is 3.87. The molecule has 2 aromatic carbocycles. The molecule has 1 saturated heterocycles. The number of fused-ring (bicyclic) bond motifs is 1. The maximum absolute atomic E-state index is 13.9. The Kier molecular flexibility index (Phi) is 7.37. The third kappa shape index (κ3) is 4.73. The smallest absolute Gasteiger partial charge is 0.268 e. The van der Waals surface area contributed by atoms with Gasteiger partial charge in [-0.3, -0.25) is 19.2 Å². The average molecular weight is 517 g/mol. The molecule has 0 bridgehead atoms. The summed E-state index contributed by atoms with van der Waals surface area (Å²) in [5.74, 6) is -1.02. The summed E-state index contributed by atoms with van der Waals surface area (Å²) in [5, 5.41) is 32.3. The molecule has 0 spiro atoms. The van der Waals surface area contributed by atoms with E-state index in [1.54, 1.807) is 26.7 Å². The van der Waals surface area contributed by atoms with Gasteiger partial charge in [0.2, 0.25) is 5.91 Å². The van der Waals surface area contributed by atoms with E-state index in [-0.39, 0.29) is 19.1 Å². The van der Waals surface area contributed by atoms with Gasteiger partial charge in [0.1, 0.15) is 0 Å². The number of piperazine rings is 1. The number of hydrogen-bond acceptors (Lipinski definition) is 7. The number of aliphatic hydroxyl groups excluding tert-OH is 1. The number of hydrogen-bond donors (Lipinski definition) is 3. The van der Waals surface area contributed by atoms with E-state index in [1.165, 1.54) is 0 Å². The van der Waals surface area contributed by atoms with Crippen LogP contribution >= 0.6 is 0 Å². The van der Waals surface area contributed by atoms with Gasteiger partial charge in [-0.05, 0) is 36.8 Å². The molecule has 2 aliphatic rings. The van der Waals surface area contributed by atoms with Crippen molar-refractivity contribution in [2.45, 2.75) is 31.9 Å². The number of anilines is 3. The first-order valence-electron chi connectivity index (χ1n) is 12.9. The zero-order valence-electron chi connectivity index (χ0n) is 21.3. The predicted octanol–water partition coefficient (Wildman–Crippen LogP) is 1.90. The molecule has 1 fully saturated rings. The molecule has 38 heavy (non-hydrogen) atoms. The van der Waals surface area contributed by atoms with Gasteiger partial charge in [0.05, 0.1) is 17.9 Å². The first kappa shape index (κ1) is 25.8. The number of allylic oxidation sites excluding steroid dienone is 1. The van der Waals surface area contributed by atoms with Crippen molar-refractivity contribution in [1.29, 1.82) is 0 Å². The van der Waals surface area contributed by atoms with Crippen molar-refractivity contribution in [1.82, 2.24) is 20.3 Å². The Hall–Kier alpha value is -3.86. The Morgan fingerprint density at radius 3 is 2.74 bits per heavy atom. The lowest BCUT2D eigenvalue weighted by molar-refractivity contribution is -0.138. The number of benzene rings is 2. The number of para-hydroxylation sites is 1. The number of carbonyl (C=O) groups is 2. The lowest BCUT2D eigenvalue weighted by Crippen LogP contribution is -2.48. The fourth-order valence-corrected chi connectivity index (χ4v) is 5.06. The highest BCUT2D eigenvalue weighted by Crippen LogP contribution is 2.49. The molecular weight excluding hydrogens is 484 g/mol. The highest BCUT2D eigenvalue weighted by Gasteiger charge is 2.53. The largest absolute Gasteiger partial charge is 0.396 e. The van der Waals surface area contributed by atoms with Crippen LogP contribution in [0.25, 0.3) is 0 Å². The standard InChI is InChI=1S/C28H32N6O4/c1-20(7-5-6-14-32-19-21(12-16-35)30-31-32)28(38)24-17-23(33-15-13-29-18-26(33)36)10-11-25(24)34(27(28)37)22-8-3-2-4-9-22/h2-5,7-11,17,19-20,29,35,38H,6,12-16,18H2,1H3/b7-5+/t20-,28+/m1/s1. The minimum Gasteiger partial charge on any atom is -0.396 e. The first-order valence-corrected chi connectivity index (χ1v) is 12.9. The summed E-state index contributed by atoms with van der Waals surface area (Å²) >= 11 is 0. The lowest BCUT2D eigenvalue weighted by Gasteiger charge is -2.30. The van der Waals surface area contributed by atoms with Crippen LogP contribution in [-0.4, -0.2) is 63.3 Å². The molecule has 1 aromatic heterocycles. The highest BCUT2D eigenvalue weighted by atomic mass is 16.3. The van der Waals surface area contributed by atoms with E-state index in [9.17, 15) is 14.7 Å². The minimum absolute atomic E-state index is 0.0225. The summed E-state index contributed by atoms with van der Waals surface area (Å²) < 4.78 is 1.71. The van der Waals surface area contributed by atoms with Crippen LogP contribution in [0.1, 0.15) is 24.6 Å². The van der Waals surface area contributed by atoms with Crippen molar-refractivity contribution in [3.63, 3.8) is 0 Å². The number of aromatic nitrogens is 3. The second-order valence-corrected chi connectivity index (χ2v) is 9.62. The van der Waals surface area contributed by atoms with E-state index in [2.05, 4.69) is 15.6 Å². The summed E-state index contributed by atoms with van der Waals surface area (Å²) in [6.07, 6.45) is 6.67. The molecule has 3 heterocycles. The van der Waals surface area contributed by atoms with Gasteiger partial charge in [-0.1, -0.05) is 42.5 Å². The molecule has 198 valence electrons. The van der Waals surface area contributed by atoms with Crippen molar-refractivity contribution in [2.24, 2.45) is 5.92 Å². The van der Waals surface area contributed by atoms with Crippen molar-refractivity contribution in [2.75, 3.05) is 36.0 Å². The molecule has 2 amide bonds. The van der Waals surface area contributed by atoms with E-state index in [0.29, 0.717) is 55.1 Å². The van der Waals surface area contributed by atoms with E-state index in [1.807, 2.05) is 61.5 Å². The predicted molar refractivity (Wildman–Crippen MR) is 143 cm³/mol. The van der Waals surface area contributed by atoms with Crippen molar-refractivity contribution in [3.8, 4) is 0 Å². The van der Waals surface area contributed by atoms with Gasteiger partial charge in [0.25, 0.3) is 5.91 Å². The Labute approximate surface area is 221 Å². The Balaban J connectivity index is 1.43. The van der Waals surface area contributed by atoms with Gasteiger partial charge in [-0.25, -0.2) is 0 Å². The Bertz CT molecular complexity index is 1340. The molecular formula is C28H32N6O4. The van der Waals surface area contributed by atoms with Gasteiger partial charge >= 0.3 is 0 Å². The number of amides is 2. The van der Waals surface area contributed by atoms with Crippen LogP contribution in [0.3, 0.4) is 0 Å². The van der Waals surface area contributed by atoms with Gasteiger partial charge in [0.15, 0.2) is 5.60 Å². The molecule has 0 saturated carbocycles. The number of nitrogens with one attached hydrogen (secondary N) is 1. The van der Waals surface area contributed by atoms with Crippen LogP contribution in [-0.2, 0) is 28.2 Å². The van der Waals surface area contributed by atoms with Crippen molar-refractivity contribution < 1.29 is 19.8 Å². The molecule has 0 aliphatic carbocycles. The van der Waals surface area contributed by atoms with Crippen LogP contribution < -0.4 is 15.1 Å². The molecule has 3 N–H and O–H groups in total. The molecule has 5 rings (SSSR count). The van der Waals surface area contributed by atoms with Gasteiger partial charge in [-0.15, -0.1) is 5.10 Å². The van der Waals surface area contributed by atoms with Gasteiger partial charge in [-0.2, -0.15) is 0 Å². The summed E-state index contributed by atoms with van der Waals surface area (Å²) in [7, 11) is 0. The molecule has 2 aliphatic heterocycles. The second-order valence-electron chi connectivity index (χ2n) is 9.62. The van der Waals surface area contributed by atoms with Crippen LogP contribution in [0, 0.1) is 5.92 Å². The van der Waals surface area contributed by atoms with E-state index in [4.69, 9.17) is 5.11 Å². The van der Waals surface area contributed by atoms with Crippen molar-refractivity contribution >= 4 is 28.9 Å². The van der Waals surface area contributed by atoms with E-state index < -0.39 is 17.4 Å². The number of aryl methyl sites for hydroxylation is 1. The van der Waals surface area contributed by atoms with E-state index in [0.717, 1.165) is 5.69 Å². The van der Waals surface area contributed by atoms with Gasteiger partial charge in [0, 0.05) is 61.7 Å². The van der Waals surface area contributed by atoms with Crippen LogP contribution in [0.4, 0.5) is 17.1 Å². The summed E-state index contributed by atoms with van der Waals surface area (Å²) in [4.78, 5) is 29.7. The molecule has 10 heteroatoms. The van der Waals surface area contributed by atoms with Crippen LogP contribution in [0.15, 0.2) is 66.9 Å². The first-order chi connectivity index (χ1) is 18.4. The van der Waals surface area contributed by atoms with Crippen molar-refractivity contribution in [3.05, 3.63) is 78.1 Å². The average Bonchev–Trinajstić information content (AvgIpc) is 3.47. The molecule has 0 radical (unpaired) electrons. The zero-order chi connectivity index (χ0) is 26.7. The Morgan fingerprint density at radius 1 is 1.16 bits per heavy atom.